The van der Waals surface area contributed by atoms with Gasteiger partial charge in [0.05, 0.1) is 0 Å². The van der Waals surface area contributed by atoms with E-state index >= 15 is 0 Å². The summed E-state index contributed by atoms with van der Waals surface area (Å²) in [5.74, 6) is 0.858. The Morgan fingerprint density at radius 1 is 1.29 bits per heavy atom. The van der Waals surface area contributed by atoms with Crippen molar-refractivity contribution in [3.05, 3.63) is 29.8 Å². The molecule has 2 unspecified atom stereocenters. The van der Waals surface area contributed by atoms with Gasteiger partial charge in [-0.15, -0.1) is 0 Å². The van der Waals surface area contributed by atoms with Crippen molar-refractivity contribution < 1.29 is 0 Å². The van der Waals surface area contributed by atoms with Crippen LogP contribution in [0.25, 0.3) is 0 Å². The summed E-state index contributed by atoms with van der Waals surface area (Å²) in [7, 11) is 0. The molecule has 116 valence electrons. The van der Waals surface area contributed by atoms with Gasteiger partial charge >= 0.3 is 0 Å². The molecule has 2 aliphatic heterocycles. The number of nitrogens with zero attached hydrogens (tertiary/aromatic N) is 2. The van der Waals surface area contributed by atoms with Gasteiger partial charge < -0.3 is 10.2 Å². The Balaban J connectivity index is 1.56. The maximum absolute atomic E-state index is 3.54. The number of anilines is 1. The molecular formula is C18H29N3. The van der Waals surface area contributed by atoms with Gasteiger partial charge in [-0.25, -0.2) is 0 Å². The Kier molecular flexibility index (Phi) is 4.81. The number of benzene rings is 1. The van der Waals surface area contributed by atoms with Gasteiger partial charge in [0.1, 0.15) is 0 Å². The van der Waals surface area contributed by atoms with Gasteiger partial charge in [0.15, 0.2) is 0 Å². The molecule has 0 aliphatic carbocycles. The average molecular weight is 287 g/mol. The summed E-state index contributed by atoms with van der Waals surface area (Å²) < 4.78 is 0. The van der Waals surface area contributed by atoms with Crippen molar-refractivity contribution in [3.8, 4) is 0 Å². The van der Waals surface area contributed by atoms with Gasteiger partial charge in [0, 0.05) is 37.9 Å². The number of aryl methyl sites for hydroxylation is 1. The summed E-state index contributed by atoms with van der Waals surface area (Å²) in [5, 5.41) is 3.54. The molecule has 0 saturated carbocycles. The molecule has 3 heteroatoms. The molecule has 1 aromatic carbocycles. The minimum atomic E-state index is 0.608. The van der Waals surface area contributed by atoms with E-state index in [2.05, 4.69) is 53.2 Å². The van der Waals surface area contributed by atoms with Crippen molar-refractivity contribution in [2.45, 2.75) is 32.7 Å². The summed E-state index contributed by atoms with van der Waals surface area (Å²) in [6, 6.07) is 9.54. The van der Waals surface area contributed by atoms with E-state index in [0.717, 1.165) is 12.5 Å². The highest BCUT2D eigenvalue weighted by Crippen LogP contribution is 2.22. The molecular weight excluding hydrogens is 258 g/mol. The molecule has 2 heterocycles. The fourth-order valence-corrected chi connectivity index (χ4v) is 3.83. The SMILES string of the molecule is Cc1cccc(N2CCN(CC3CCCNC3)CC2C)c1. The van der Waals surface area contributed by atoms with E-state index < -0.39 is 0 Å². The maximum atomic E-state index is 3.54. The van der Waals surface area contributed by atoms with E-state index in [4.69, 9.17) is 0 Å². The quantitative estimate of drug-likeness (QED) is 0.921. The zero-order valence-corrected chi connectivity index (χ0v) is 13.5. The molecule has 2 fully saturated rings. The third-order valence-electron chi connectivity index (χ3n) is 4.96. The Labute approximate surface area is 129 Å². The standard InChI is InChI=1S/C18H29N3/c1-15-5-3-7-18(11-15)21-10-9-20(13-16(21)2)14-17-6-4-8-19-12-17/h3,5,7,11,16-17,19H,4,6,8-10,12-14H2,1-2H3. The smallest absolute Gasteiger partial charge is 0.0389 e. The Morgan fingerprint density at radius 2 is 2.19 bits per heavy atom. The normalized spacial score (nSPS) is 27.8. The van der Waals surface area contributed by atoms with Crippen LogP contribution >= 0.6 is 0 Å². The lowest BCUT2D eigenvalue weighted by Crippen LogP contribution is -2.53. The highest BCUT2D eigenvalue weighted by molar-refractivity contribution is 5.49. The highest BCUT2D eigenvalue weighted by Gasteiger charge is 2.26. The van der Waals surface area contributed by atoms with Crippen LogP contribution < -0.4 is 10.2 Å². The Bertz CT molecular complexity index is 454. The van der Waals surface area contributed by atoms with Crippen LogP contribution in [0.5, 0.6) is 0 Å². The number of hydrogen-bond donors (Lipinski definition) is 1. The lowest BCUT2D eigenvalue weighted by Gasteiger charge is -2.42. The van der Waals surface area contributed by atoms with E-state index in [1.54, 1.807) is 0 Å². The summed E-state index contributed by atoms with van der Waals surface area (Å²) in [6.45, 7) is 11.8. The van der Waals surface area contributed by atoms with Crippen LogP contribution in [-0.4, -0.2) is 50.2 Å². The first-order valence-corrected chi connectivity index (χ1v) is 8.49. The van der Waals surface area contributed by atoms with Crippen LogP contribution in [0, 0.1) is 12.8 Å². The van der Waals surface area contributed by atoms with Gasteiger partial charge in [0.2, 0.25) is 0 Å². The van der Waals surface area contributed by atoms with Crippen molar-refractivity contribution in [2.24, 2.45) is 5.92 Å². The third kappa shape index (κ3) is 3.78. The Hall–Kier alpha value is -1.06. The van der Waals surface area contributed by atoms with Crippen molar-refractivity contribution in [3.63, 3.8) is 0 Å². The van der Waals surface area contributed by atoms with Crippen molar-refractivity contribution >= 4 is 5.69 Å². The Morgan fingerprint density at radius 3 is 2.90 bits per heavy atom. The lowest BCUT2D eigenvalue weighted by molar-refractivity contribution is 0.180. The predicted octanol–water partition coefficient (Wildman–Crippen LogP) is 2.51. The molecule has 0 amide bonds. The van der Waals surface area contributed by atoms with Crippen molar-refractivity contribution in [2.75, 3.05) is 44.2 Å². The number of piperidine rings is 1. The van der Waals surface area contributed by atoms with E-state index in [1.807, 2.05) is 0 Å². The van der Waals surface area contributed by atoms with Crippen LogP contribution in [0.3, 0.4) is 0 Å². The first kappa shape index (κ1) is 14.9. The van der Waals surface area contributed by atoms with Crippen LogP contribution in [0.15, 0.2) is 24.3 Å². The van der Waals surface area contributed by atoms with Crippen molar-refractivity contribution in [1.82, 2.24) is 10.2 Å². The van der Waals surface area contributed by atoms with Gasteiger partial charge in [-0.05, 0) is 63.4 Å². The lowest BCUT2D eigenvalue weighted by atomic mass is 9.98. The maximum Gasteiger partial charge on any atom is 0.0389 e. The number of rotatable bonds is 3. The molecule has 1 aromatic rings. The van der Waals surface area contributed by atoms with Gasteiger partial charge in [-0.2, -0.15) is 0 Å². The summed E-state index contributed by atoms with van der Waals surface area (Å²) in [4.78, 5) is 5.25. The zero-order valence-electron chi connectivity index (χ0n) is 13.5. The minimum Gasteiger partial charge on any atom is -0.366 e. The first-order chi connectivity index (χ1) is 10.2. The fourth-order valence-electron chi connectivity index (χ4n) is 3.83. The van der Waals surface area contributed by atoms with Crippen LogP contribution in [-0.2, 0) is 0 Å². The van der Waals surface area contributed by atoms with E-state index in [0.29, 0.717) is 6.04 Å². The monoisotopic (exact) mass is 287 g/mol. The zero-order chi connectivity index (χ0) is 14.7. The van der Waals surface area contributed by atoms with Gasteiger partial charge in [0.25, 0.3) is 0 Å². The van der Waals surface area contributed by atoms with Gasteiger partial charge in [-0.1, -0.05) is 12.1 Å². The second-order valence-electron chi connectivity index (χ2n) is 6.85. The average Bonchev–Trinajstić information content (AvgIpc) is 2.48. The molecule has 0 bridgehead atoms. The van der Waals surface area contributed by atoms with Crippen LogP contribution in [0.1, 0.15) is 25.3 Å². The molecule has 21 heavy (non-hydrogen) atoms. The van der Waals surface area contributed by atoms with E-state index in [1.165, 1.54) is 56.8 Å². The molecule has 3 nitrogen and oxygen atoms in total. The second kappa shape index (κ2) is 6.80. The van der Waals surface area contributed by atoms with Gasteiger partial charge in [-0.3, -0.25) is 4.90 Å². The molecule has 3 rings (SSSR count). The number of piperazine rings is 1. The van der Waals surface area contributed by atoms with E-state index in [-0.39, 0.29) is 0 Å². The highest BCUT2D eigenvalue weighted by atomic mass is 15.3. The van der Waals surface area contributed by atoms with Crippen molar-refractivity contribution in [1.29, 1.82) is 0 Å². The second-order valence-corrected chi connectivity index (χ2v) is 6.85. The largest absolute Gasteiger partial charge is 0.366 e. The predicted molar refractivity (Wildman–Crippen MR) is 90.0 cm³/mol. The summed E-state index contributed by atoms with van der Waals surface area (Å²) in [6.07, 6.45) is 2.75. The number of hydrogen-bond acceptors (Lipinski definition) is 3. The molecule has 1 N–H and O–H groups in total. The van der Waals surface area contributed by atoms with Crippen LogP contribution in [0.4, 0.5) is 5.69 Å². The summed E-state index contributed by atoms with van der Waals surface area (Å²) in [5.41, 5.74) is 2.75. The van der Waals surface area contributed by atoms with E-state index in [9.17, 15) is 0 Å². The van der Waals surface area contributed by atoms with Crippen LogP contribution in [0.2, 0.25) is 0 Å². The summed E-state index contributed by atoms with van der Waals surface area (Å²) >= 11 is 0. The third-order valence-corrected chi connectivity index (χ3v) is 4.96. The molecule has 2 saturated heterocycles. The number of nitrogens with one attached hydrogen (secondary N) is 1. The fraction of sp³-hybridized carbons (Fsp3) is 0.667. The first-order valence-electron chi connectivity index (χ1n) is 8.49. The molecule has 0 radical (unpaired) electrons. The molecule has 0 aromatic heterocycles. The molecule has 2 atom stereocenters. The molecule has 2 aliphatic rings. The topological polar surface area (TPSA) is 18.5 Å². The minimum absolute atomic E-state index is 0.608. The molecule has 0 spiro atoms.